The van der Waals surface area contributed by atoms with Crippen LogP contribution in [-0.2, 0) is 9.53 Å². The summed E-state index contributed by atoms with van der Waals surface area (Å²) < 4.78 is 5.25. The molecule has 0 saturated carbocycles. The molecule has 0 heterocycles. The monoisotopic (exact) mass is 365 g/mol. The van der Waals surface area contributed by atoms with Crippen LogP contribution in [0.15, 0.2) is 36.4 Å². The first-order valence-electron chi connectivity index (χ1n) is 7.32. The Kier molecular flexibility index (Phi) is 5.86. The summed E-state index contributed by atoms with van der Waals surface area (Å²) in [6, 6.07) is 10.0. The lowest BCUT2D eigenvalue weighted by molar-refractivity contribution is -0.123. The van der Waals surface area contributed by atoms with Crippen LogP contribution in [0.5, 0.6) is 0 Å². The van der Waals surface area contributed by atoms with Gasteiger partial charge in [-0.25, -0.2) is 4.79 Å². The number of esters is 1. The van der Waals surface area contributed by atoms with E-state index in [1.54, 1.807) is 30.3 Å². The van der Waals surface area contributed by atoms with Crippen molar-refractivity contribution < 1.29 is 14.3 Å². The van der Waals surface area contributed by atoms with E-state index in [9.17, 15) is 9.59 Å². The Morgan fingerprint density at radius 3 is 2.33 bits per heavy atom. The Morgan fingerprint density at radius 2 is 1.71 bits per heavy atom. The van der Waals surface area contributed by atoms with Gasteiger partial charge in [0.25, 0.3) is 5.91 Å². The lowest BCUT2D eigenvalue weighted by atomic mass is 10.0. The number of nitrogens with one attached hydrogen (secondary N) is 1. The first kappa shape index (κ1) is 18.3. The smallest absolute Gasteiger partial charge is 0.339 e. The molecule has 6 heteroatoms. The minimum Gasteiger partial charge on any atom is -0.449 e. The largest absolute Gasteiger partial charge is 0.449 e. The number of hydrogen-bond acceptors (Lipinski definition) is 3. The molecule has 0 radical (unpaired) electrons. The zero-order valence-electron chi connectivity index (χ0n) is 13.5. The average molecular weight is 366 g/mol. The number of aryl methyl sites for hydroxylation is 1. The summed E-state index contributed by atoms with van der Waals surface area (Å²) in [7, 11) is 0. The van der Waals surface area contributed by atoms with E-state index in [-0.39, 0.29) is 0 Å². The summed E-state index contributed by atoms with van der Waals surface area (Å²) in [5.74, 6) is -1.00. The van der Waals surface area contributed by atoms with E-state index in [4.69, 9.17) is 27.9 Å². The predicted octanol–water partition coefficient (Wildman–Crippen LogP) is 4.79. The van der Waals surface area contributed by atoms with E-state index in [0.29, 0.717) is 21.3 Å². The van der Waals surface area contributed by atoms with E-state index in [1.165, 1.54) is 6.92 Å². The molecule has 0 aliphatic carbocycles. The molecule has 1 amide bonds. The van der Waals surface area contributed by atoms with Gasteiger partial charge in [0, 0.05) is 15.7 Å². The molecular weight excluding hydrogens is 349 g/mol. The molecule has 0 fully saturated rings. The van der Waals surface area contributed by atoms with E-state index in [2.05, 4.69) is 5.32 Å². The van der Waals surface area contributed by atoms with Gasteiger partial charge in [-0.1, -0.05) is 35.3 Å². The number of carbonyl (C=O) groups is 2. The van der Waals surface area contributed by atoms with Crippen LogP contribution < -0.4 is 5.32 Å². The van der Waals surface area contributed by atoms with Crippen LogP contribution in [0.1, 0.15) is 28.4 Å². The van der Waals surface area contributed by atoms with E-state index >= 15 is 0 Å². The number of carbonyl (C=O) groups excluding carboxylic acids is 2. The van der Waals surface area contributed by atoms with Gasteiger partial charge < -0.3 is 10.1 Å². The maximum Gasteiger partial charge on any atom is 0.339 e. The first-order valence-corrected chi connectivity index (χ1v) is 8.07. The fourth-order valence-electron chi connectivity index (χ4n) is 2.12. The number of ether oxygens (including phenoxy) is 1. The van der Waals surface area contributed by atoms with Crippen LogP contribution in [0.25, 0.3) is 0 Å². The Bertz CT molecular complexity index is 770. The fourth-order valence-corrected chi connectivity index (χ4v) is 2.65. The minimum absolute atomic E-state index is 0.401. The highest BCUT2D eigenvalue weighted by molar-refractivity contribution is 6.35. The Hall–Kier alpha value is -2.04. The van der Waals surface area contributed by atoms with Gasteiger partial charge in [0.2, 0.25) is 0 Å². The van der Waals surface area contributed by atoms with Crippen LogP contribution in [0.4, 0.5) is 5.69 Å². The third-order valence-corrected chi connectivity index (χ3v) is 4.04. The second-order valence-corrected chi connectivity index (χ2v) is 6.32. The molecule has 24 heavy (non-hydrogen) atoms. The highest BCUT2D eigenvalue weighted by Gasteiger charge is 2.20. The molecule has 2 aromatic rings. The van der Waals surface area contributed by atoms with Gasteiger partial charge in [0.05, 0.1) is 5.56 Å². The number of hydrogen-bond donors (Lipinski definition) is 1. The van der Waals surface area contributed by atoms with E-state index < -0.39 is 18.0 Å². The van der Waals surface area contributed by atoms with Crippen molar-refractivity contribution in [1.82, 2.24) is 0 Å². The molecule has 1 atom stereocenters. The molecule has 0 aliphatic rings. The van der Waals surface area contributed by atoms with Gasteiger partial charge in [0.1, 0.15) is 0 Å². The van der Waals surface area contributed by atoms with Crippen LogP contribution in [0.2, 0.25) is 10.0 Å². The molecule has 0 spiro atoms. The number of anilines is 1. The van der Waals surface area contributed by atoms with E-state index in [0.717, 1.165) is 11.1 Å². The summed E-state index contributed by atoms with van der Waals surface area (Å²) in [5, 5.41) is 3.42. The molecule has 0 aliphatic heterocycles. The molecule has 126 valence electrons. The van der Waals surface area contributed by atoms with Crippen molar-refractivity contribution in [2.75, 3.05) is 5.32 Å². The zero-order valence-corrected chi connectivity index (χ0v) is 15.0. The maximum absolute atomic E-state index is 12.2. The Morgan fingerprint density at radius 1 is 1.08 bits per heavy atom. The van der Waals surface area contributed by atoms with Crippen LogP contribution >= 0.6 is 23.2 Å². The zero-order chi connectivity index (χ0) is 17.9. The summed E-state index contributed by atoms with van der Waals surface area (Å²) in [6.45, 7) is 5.25. The van der Waals surface area contributed by atoms with Gasteiger partial charge in [-0.05, 0) is 56.2 Å². The molecule has 0 saturated heterocycles. The second kappa shape index (κ2) is 7.69. The molecule has 0 unspecified atom stereocenters. The predicted molar refractivity (Wildman–Crippen MR) is 95.9 cm³/mol. The molecule has 2 rings (SSSR count). The Labute approximate surface area is 150 Å². The molecule has 2 aromatic carbocycles. The van der Waals surface area contributed by atoms with Crippen molar-refractivity contribution >= 4 is 40.8 Å². The average Bonchev–Trinajstić information content (AvgIpc) is 2.48. The van der Waals surface area contributed by atoms with Crippen molar-refractivity contribution in [3.8, 4) is 0 Å². The molecule has 1 N–H and O–H groups in total. The van der Waals surface area contributed by atoms with Crippen LogP contribution in [0, 0.1) is 13.8 Å². The lowest BCUT2D eigenvalue weighted by Gasteiger charge is -2.15. The molecular formula is C18H17Cl2NO3. The standard InChI is InChI=1S/C18H17Cl2NO3/c1-10-5-4-6-16(11(10)2)18(23)24-12(3)17(22)21-15-8-13(19)7-14(20)9-15/h4-9,12H,1-3H3,(H,21,22)/t12-/m1/s1. The summed E-state index contributed by atoms with van der Waals surface area (Å²) in [5.41, 5.74) is 2.69. The van der Waals surface area contributed by atoms with Gasteiger partial charge in [-0.15, -0.1) is 0 Å². The number of amides is 1. The highest BCUT2D eigenvalue weighted by atomic mass is 35.5. The van der Waals surface area contributed by atoms with Crippen molar-refractivity contribution in [1.29, 1.82) is 0 Å². The summed E-state index contributed by atoms with van der Waals surface area (Å²) >= 11 is 11.8. The SMILES string of the molecule is Cc1cccc(C(=O)O[C@H](C)C(=O)Nc2cc(Cl)cc(Cl)c2)c1C. The highest BCUT2D eigenvalue weighted by Crippen LogP contribution is 2.23. The topological polar surface area (TPSA) is 55.4 Å². The summed E-state index contributed by atoms with van der Waals surface area (Å²) in [4.78, 5) is 24.4. The number of benzene rings is 2. The number of rotatable bonds is 4. The third-order valence-electron chi connectivity index (χ3n) is 3.61. The van der Waals surface area contributed by atoms with Crippen LogP contribution in [-0.4, -0.2) is 18.0 Å². The first-order chi connectivity index (χ1) is 11.3. The molecule has 0 aromatic heterocycles. The Balaban J connectivity index is 2.05. The van der Waals surface area contributed by atoms with Gasteiger partial charge in [0.15, 0.2) is 6.10 Å². The van der Waals surface area contributed by atoms with E-state index in [1.807, 2.05) is 19.9 Å². The molecule has 4 nitrogen and oxygen atoms in total. The van der Waals surface area contributed by atoms with Gasteiger partial charge in [-0.2, -0.15) is 0 Å². The van der Waals surface area contributed by atoms with Crippen LogP contribution in [0.3, 0.4) is 0 Å². The van der Waals surface area contributed by atoms with Crippen molar-refractivity contribution in [3.05, 3.63) is 63.1 Å². The lowest BCUT2D eigenvalue weighted by Crippen LogP contribution is -2.30. The van der Waals surface area contributed by atoms with Gasteiger partial charge >= 0.3 is 5.97 Å². The van der Waals surface area contributed by atoms with Crippen molar-refractivity contribution in [3.63, 3.8) is 0 Å². The quantitative estimate of drug-likeness (QED) is 0.792. The van der Waals surface area contributed by atoms with Crippen molar-refractivity contribution in [2.45, 2.75) is 26.9 Å². The fraction of sp³-hybridized carbons (Fsp3) is 0.222. The summed E-state index contributed by atoms with van der Waals surface area (Å²) in [6.07, 6.45) is -0.963. The number of halogens is 2. The minimum atomic E-state index is -0.963. The van der Waals surface area contributed by atoms with Gasteiger partial charge in [-0.3, -0.25) is 4.79 Å². The maximum atomic E-state index is 12.2. The third kappa shape index (κ3) is 4.49. The normalized spacial score (nSPS) is 11.7. The molecule has 0 bridgehead atoms. The van der Waals surface area contributed by atoms with Crippen molar-refractivity contribution in [2.24, 2.45) is 0 Å². The second-order valence-electron chi connectivity index (χ2n) is 5.44.